The van der Waals surface area contributed by atoms with E-state index in [-0.39, 0.29) is 24.4 Å². The first-order chi connectivity index (χ1) is 9.37. The second-order valence-electron chi connectivity index (χ2n) is 6.42. The Labute approximate surface area is 120 Å². The van der Waals surface area contributed by atoms with Crippen LogP contribution in [0.2, 0.25) is 0 Å². The maximum atomic E-state index is 6.02. The molecule has 0 aliphatic carbocycles. The summed E-state index contributed by atoms with van der Waals surface area (Å²) >= 11 is 0. The van der Waals surface area contributed by atoms with E-state index in [1.54, 1.807) is 0 Å². The lowest BCUT2D eigenvalue weighted by Crippen LogP contribution is -2.41. The van der Waals surface area contributed by atoms with Crippen molar-refractivity contribution in [2.45, 2.75) is 45.0 Å². The summed E-state index contributed by atoms with van der Waals surface area (Å²) in [4.78, 5) is 0. The van der Waals surface area contributed by atoms with Gasteiger partial charge in [0.25, 0.3) is 0 Å². The summed E-state index contributed by atoms with van der Waals surface area (Å²) in [6.07, 6.45) is 0.276. The van der Waals surface area contributed by atoms with Crippen LogP contribution < -0.4 is 10.2 Å². The molecular formula is C15H21BO4. The standard InChI is InChI=1S/C15H21BO4/c1-14(2)15(3,4)20-16(19-14)11-5-7-12(8-6-11)17-9-13-10-18-13/h5-8,13H,9-10H2,1-4H3. The van der Waals surface area contributed by atoms with Gasteiger partial charge in [-0.05, 0) is 45.3 Å². The molecule has 1 atom stereocenters. The monoisotopic (exact) mass is 276 g/mol. The Balaban J connectivity index is 1.65. The second kappa shape index (κ2) is 4.76. The predicted octanol–water partition coefficient (Wildman–Crippen LogP) is 1.76. The topological polar surface area (TPSA) is 40.2 Å². The van der Waals surface area contributed by atoms with Crippen molar-refractivity contribution in [3.63, 3.8) is 0 Å². The molecule has 0 aromatic heterocycles. The van der Waals surface area contributed by atoms with E-state index in [0.717, 1.165) is 17.8 Å². The van der Waals surface area contributed by atoms with E-state index in [1.165, 1.54) is 0 Å². The highest BCUT2D eigenvalue weighted by molar-refractivity contribution is 6.62. The molecule has 2 heterocycles. The quantitative estimate of drug-likeness (QED) is 0.620. The van der Waals surface area contributed by atoms with Crippen LogP contribution in [0.1, 0.15) is 27.7 Å². The third kappa shape index (κ3) is 2.71. The molecule has 5 heteroatoms. The summed E-state index contributed by atoms with van der Waals surface area (Å²) in [7, 11) is -0.319. The molecule has 0 amide bonds. The molecule has 2 aliphatic rings. The maximum Gasteiger partial charge on any atom is 0.494 e. The smallest absolute Gasteiger partial charge is 0.491 e. The fourth-order valence-corrected chi connectivity index (χ4v) is 2.05. The summed E-state index contributed by atoms with van der Waals surface area (Å²) in [6, 6.07) is 7.88. The molecule has 1 aromatic carbocycles. The van der Waals surface area contributed by atoms with E-state index >= 15 is 0 Å². The van der Waals surface area contributed by atoms with Crippen molar-refractivity contribution in [3.8, 4) is 5.75 Å². The molecule has 108 valence electrons. The molecular weight excluding hydrogens is 255 g/mol. The summed E-state index contributed by atoms with van der Waals surface area (Å²) in [5.41, 5.74) is 0.394. The van der Waals surface area contributed by atoms with Crippen LogP contribution in [0.25, 0.3) is 0 Å². The van der Waals surface area contributed by atoms with Gasteiger partial charge in [-0.25, -0.2) is 0 Å². The Kier molecular flexibility index (Phi) is 3.31. The maximum absolute atomic E-state index is 6.02. The summed E-state index contributed by atoms with van der Waals surface area (Å²) < 4.78 is 22.8. The van der Waals surface area contributed by atoms with Crippen molar-refractivity contribution in [2.24, 2.45) is 0 Å². The lowest BCUT2D eigenvalue weighted by atomic mass is 9.79. The van der Waals surface area contributed by atoms with Gasteiger partial charge in [0.15, 0.2) is 0 Å². The van der Waals surface area contributed by atoms with Crippen LogP contribution in [-0.2, 0) is 14.0 Å². The lowest BCUT2D eigenvalue weighted by Gasteiger charge is -2.32. The molecule has 2 aliphatic heterocycles. The van der Waals surface area contributed by atoms with Crippen LogP contribution in [0, 0.1) is 0 Å². The third-order valence-corrected chi connectivity index (χ3v) is 4.24. The third-order valence-electron chi connectivity index (χ3n) is 4.24. The number of hydrogen-bond acceptors (Lipinski definition) is 4. The Bertz CT molecular complexity index is 463. The van der Waals surface area contributed by atoms with Gasteiger partial charge in [0.2, 0.25) is 0 Å². The fraction of sp³-hybridized carbons (Fsp3) is 0.600. The molecule has 20 heavy (non-hydrogen) atoms. The van der Waals surface area contributed by atoms with Crippen molar-refractivity contribution < 1.29 is 18.8 Å². The van der Waals surface area contributed by atoms with Gasteiger partial charge in [0, 0.05) is 0 Å². The Morgan fingerprint density at radius 1 is 1.10 bits per heavy atom. The zero-order valence-corrected chi connectivity index (χ0v) is 12.5. The van der Waals surface area contributed by atoms with E-state index in [2.05, 4.69) is 27.7 Å². The van der Waals surface area contributed by atoms with Gasteiger partial charge in [-0.3, -0.25) is 0 Å². The van der Waals surface area contributed by atoms with Crippen molar-refractivity contribution in [3.05, 3.63) is 24.3 Å². The van der Waals surface area contributed by atoms with Crippen LogP contribution >= 0.6 is 0 Å². The van der Waals surface area contributed by atoms with Gasteiger partial charge in [-0.2, -0.15) is 0 Å². The molecule has 1 aromatic rings. The predicted molar refractivity (Wildman–Crippen MR) is 77.4 cm³/mol. The van der Waals surface area contributed by atoms with Gasteiger partial charge in [-0.15, -0.1) is 0 Å². The first-order valence-corrected chi connectivity index (χ1v) is 7.07. The minimum absolute atomic E-state index is 0.276. The van der Waals surface area contributed by atoms with E-state index in [9.17, 15) is 0 Å². The van der Waals surface area contributed by atoms with E-state index in [4.69, 9.17) is 18.8 Å². The van der Waals surface area contributed by atoms with Gasteiger partial charge in [0.05, 0.1) is 17.8 Å². The normalized spacial score (nSPS) is 26.6. The molecule has 4 nitrogen and oxygen atoms in total. The van der Waals surface area contributed by atoms with Gasteiger partial charge in [-0.1, -0.05) is 12.1 Å². The second-order valence-corrected chi connectivity index (χ2v) is 6.42. The van der Waals surface area contributed by atoms with E-state index in [0.29, 0.717) is 6.61 Å². The first kappa shape index (κ1) is 13.9. The molecule has 1 unspecified atom stereocenters. The van der Waals surface area contributed by atoms with Crippen molar-refractivity contribution in [1.82, 2.24) is 0 Å². The Morgan fingerprint density at radius 3 is 2.15 bits per heavy atom. The van der Waals surface area contributed by atoms with Crippen LogP contribution in [-0.4, -0.2) is 37.6 Å². The summed E-state index contributed by atoms with van der Waals surface area (Å²) in [5, 5.41) is 0. The molecule has 0 N–H and O–H groups in total. The first-order valence-electron chi connectivity index (χ1n) is 7.07. The van der Waals surface area contributed by atoms with E-state index < -0.39 is 0 Å². The molecule has 0 saturated carbocycles. The number of rotatable bonds is 4. The average Bonchev–Trinajstić information content (AvgIpc) is 3.16. The molecule has 0 radical (unpaired) electrons. The number of hydrogen-bond donors (Lipinski definition) is 0. The fourth-order valence-electron chi connectivity index (χ4n) is 2.05. The van der Waals surface area contributed by atoms with Gasteiger partial charge < -0.3 is 18.8 Å². The highest BCUT2D eigenvalue weighted by Gasteiger charge is 2.51. The lowest BCUT2D eigenvalue weighted by molar-refractivity contribution is 0.00578. The highest BCUT2D eigenvalue weighted by atomic mass is 16.7. The molecule has 0 bridgehead atoms. The average molecular weight is 276 g/mol. The van der Waals surface area contributed by atoms with Crippen molar-refractivity contribution in [1.29, 1.82) is 0 Å². The van der Waals surface area contributed by atoms with Crippen LogP contribution in [0.5, 0.6) is 5.75 Å². The minimum Gasteiger partial charge on any atom is -0.491 e. The van der Waals surface area contributed by atoms with Crippen LogP contribution in [0.3, 0.4) is 0 Å². The molecule has 2 saturated heterocycles. The Morgan fingerprint density at radius 2 is 1.65 bits per heavy atom. The zero-order chi connectivity index (χ0) is 14.4. The van der Waals surface area contributed by atoms with Crippen molar-refractivity contribution in [2.75, 3.05) is 13.2 Å². The van der Waals surface area contributed by atoms with Crippen molar-refractivity contribution >= 4 is 12.6 Å². The van der Waals surface area contributed by atoms with Gasteiger partial charge >= 0.3 is 7.12 Å². The molecule has 2 fully saturated rings. The highest BCUT2D eigenvalue weighted by Crippen LogP contribution is 2.36. The number of epoxide rings is 1. The van der Waals surface area contributed by atoms with Crippen LogP contribution in [0.4, 0.5) is 0 Å². The SMILES string of the molecule is CC1(C)OB(c2ccc(OCC3CO3)cc2)OC1(C)C. The molecule has 0 spiro atoms. The molecule has 3 rings (SSSR count). The zero-order valence-electron chi connectivity index (χ0n) is 12.5. The van der Waals surface area contributed by atoms with Crippen LogP contribution in [0.15, 0.2) is 24.3 Å². The summed E-state index contributed by atoms with van der Waals surface area (Å²) in [5.74, 6) is 0.848. The minimum atomic E-state index is -0.319. The largest absolute Gasteiger partial charge is 0.494 e. The Hall–Kier alpha value is -1.04. The summed E-state index contributed by atoms with van der Waals surface area (Å²) in [6.45, 7) is 9.66. The van der Waals surface area contributed by atoms with Gasteiger partial charge in [0.1, 0.15) is 18.5 Å². The number of ether oxygens (including phenoxy) is 2. The number of benzene rings is 1. The van der Waals surface area contributed by atoms with E-state index in [1.807, 2.05) is 24.3 Å².